The molecular weight excluding hydrogens is 432 g/mol. The van der Waals surface area contributed by atoms with Gasteiger partial charge in [0.05, 0.1) is 36.4 Å². The van der Waals surface area contributed by atoms with E-state index in [1.54, 1.807) is 25.1 Å². The second-order valence-corrected chi connectivity index (χ2v) is 8.70. The summed E-state index contributed by atoms with van der Waals surface area (Å²) in [5, 5.41) is 30.1. The highest BCUT2D eigenvalue weighted by atomic mass is 16.6. The van der Waals surface area contributed by atoms with Crippen LogP contribution in [0, 0.1) is 15.5 Å². The van der Waals surface area contributed by atoms with Crippen molar-refractivity contribution >= 4 is 11.5 Å². The molecule has 2 atom stereocenters. The molecule has 11 nitrogen and oxygen atoms in total. The van der Waals surface area contributed by atoms with Crippen molar-refractivity contribution in [1.82, 2.24) is 9.55 Å². The average molecular weight is 465 g/mol. The summed E-state index contributed by atoms with van der Waals surface area (Å²) in [6, 6.07) is 6.38. The summed E-state index contributed by atoms with van der Waals surface area (Å²) in [6.07, 6.45) is -0.470. The first-order valence-corrected chi connectivity index (χ1v) is 10.6. The summed E-state index contributed by atoms with van der Waals surface area (Å²) < 4.78 is 13.0. The molecule has 0 saturated carbocycles. The average Bonchev–Trinajstić information content (AvgIpc) is 2.76. The number of rotatable bonds is 11. The minimum absolute atomic E-state index is 0.0257. The molecule has 0 amide bonds. The summed E-state index contributed by atoms with van der Waals surface area (Å²) in [5.74, 6) is -0.0257. The Bertz CT molecular complexity index is 999. The Hall–Kier alpha value is -2.86. The number of aliphatic hydroxyl groups excluding tert-OH is 2. The maximum Gasteiger partial charge on any atom is 0.351 e. The molecule has 0 aliphatic carbocycles. The van der Waals surface area contributed by atoms with Gasteiger partial charge in [-0.15, -0.1) is 0 Å². The van der Waals surface area contributed by atoms with Crippen LogP contribution in [0.4, 0.5) is 11.5 Å². The Morgan fingerprint density at radius 1 is 1.24 bits per heavy atom. The Kier molecular flexibility index (Phi) is 9.06. The molecule has 0 spiro atoms. The number of nitro groups is 1. The fourth-order valence-electron chi connectivity index (χ4n) is 3.42. The third kappa shape index (κ3) is 6.57. The van der Waals surface area contributed by atoms with E-state index >= 15 is 0 Å². The van der Waals surface area contributed by atoms with E-state index in [4.69, 9.17) is 15.2 Å². The van der Waals surface area contributed by atoms with E-state index in [1.165, 1.54) is 16.8 Å². The van der Waals surface area contributed by atoms with Gasteiger partial charge in [0.25, 0.3) is 5.69 Å². The van der Waals surface area contributed by atoms with Gasteiger partial charge < -0.3 is 25.4 Å². The van der Waals surface area contributed by atoms with Crippen LogP contribution < -0.4 is 11.4 Å². The largest absolute Gasteiger partial charge is 0.394 e. The summed E-state index contributed by atoms with van der Waals surface area (Å²) in [7, 11) is 0. The first-order valence-electron chi connectivity index (χ1n) is 10.6. The third-order valence-electron chi connectivity index (χ3n) is 5.09. The number of nitrogens with zero attached hydrogens (tertiary/aromatic N) is 3. The molecule has 2 aromatic rings. The highest BCUT2D eigenvalue weighted by Crippen LogP contribution is 2.40. The standard InChI is InChI=1S/C22H32N4O7/c1-5-18(33-15(11-27)12-28)25-10-14(20(23)24-21(25)29)13-32-19(22(2,3)4)16-8-6-7-9-17(16)26(30)31/h6-10,15,18-19,27-28H,5,11-13H2,1-4H3,(H2,23,24,29)/t18-,19-/m1/s1. The first kappa shape index (κ1) is 26.4. The molecule has 4 N–H and O–H groups in total. The van der Waals surface area contributed by atoms with Crippen molar-refractivity contribution in [1.29, 1.82) is 0 Å². The van der Waals surface area contributed by atoms with Gasteiger partial charge in [0.1, 0.15) is 18.1 Å². The van der Waals surface area contributed by atoms with Crippen LogP contribution in [0.1, 0.15) is 57.6 Å². The van der Waals surface area contributed by atoms with E-state index < -0.39 is 47.7 Å². The minimum atomic E-state index is -0.858. The fraction of sp³-hybridized carbons (Fsp3) is 0.545. The first-order chi connectivity index (χ1) is 15.5. The lowest BCUT2D eigenvalue weighted by molar-refractivity contribution is -0.386. The zero-order chi connectivity index (χ0) is 24.8. The summed E-state index contributed by atoms with van der Waals surface area (Å²) in [4.78, 5) is 27.4. The van der Waals surface area contributed by atoms with Gasteiger partial charge in [0.2, 0.25) is 0 Å². The second kappa shape index (κ2) is 11.3. The SMILES string of the molecule is CC[C@@H](OC(CO)CO)n1cc(CO[C@H](c2ccccc2[N+](=O)[O-])C(C)(C)C)c(N)nc1=O. The fourth-order valence-corrected chi connectivity index (χ4v) is 3.42. The van der Waals surface area contributed by atoms with Gasteiger partial charge >= 0.3 is 5.69 Å². The Morgan fingerprint density at radius 3 is 2.42 bits per heavy atom. The second-order valence-electron chi connectivity index (χ2n) is 8.70. The van der Waals surface area contributed by atoms with E-state index in [9.17, 15) is 25.1 Å². The van der Waals surface area contributed by atoms with E-state index in [-0.39, 0.29) is 18.1 Å². The Morgan fingerprint density at radius 2 is 1.88 bits per heavy atom. The number of anilines is 1. The number of aliphatic hydroxyl groups is 2. The van der Waals surface area contributed by atoms with Crippen LogP contribution in [0.2, 0.25) is 0 Å². The Balaban J connectivity index is 2.38. The number of hydrogen-bond donors (Lipinski definition) is 3. The third-order valence-corrected chi connectivity index (χ3v) is 5.09. The number of benzene rings is 1. The van der Waals surface area contributed by atoms with Gasteiger partial charge in [0.15, 0.2) is 0 Å². The van der Waals surface area contributed by atoms with Gasteiger partial charge in [-0.3, -0.25) is 14.7 Å². The van der Waals surface area contributed by atoms with Crippen LogP contribution >= 0.6 is 0 Å². The van der Waals surface area contributed by atoms with Crippen molar-refractivity contribution in [3.05, 3.63) is 62.2 Å². The van der Waals surface area contributed by atoms with E-state index in [1.807, 2.05) is 20.8 Å². The quantitative estimate of drug-likeness (QED) is 0.334. The van der Waals surface area contributed by atoms with Crippen molar-refractivity contribution in [2.45, 2.75) is 59.2 Å². The molecule has 0 unspecified atom stereocenters. The molecule has 1 heterocycles. The maximum absolute atomic E-state index is 12.4. The molecule has 1 aromatic carbocycles. The van der Waals surface area contributed by atoms with Gasteiger partial charge in [-0.25, -0.2) is 4.79 Å². The van der Waals surface area contributed by atoms with Crippen LogP contribution in [0.25, 0.3) is 0 Å². The number of hydrogen-bond acceptors (Lipinski definition) is 9. The predicted molar refractivity (Wildman–Crippen MR) is 121 cm³/mol. The zero-order valence-electron chi connectivity index (χ0n) is 19.3. The number of para-hydroxylation sites is 1. The molecule has 0 saturated heterocycles. The zero-order valence-corrected chi connectivity index (χ0v) is 19.3. The number of nitrogen functional groups attached to an aromatic ring is 1. The molecule has 0 bridgehead atoms. The highest BCUT2D eigenvalue weighted by molar-refractivity contribution is 5.42. The van der Waals surface area contributed by atoms with Crippen LogP contribution in [-0.4, -0.2) is 44.0 Å². The lowest BCUT2D eigenvalue weighted by Gasteiger charge is -2.31. The molecule has 0 aliphatic rings. The molecule has 2 rings (SSSR count). The number of nitrogens with two attached hydrogens (primary N) is 1. The van der Waals surface area contributed by atoms with Gasteiger partial charge in [-0.05, 0) is 17.9 Å². The monoisotopic (exact) mass is 464 g/mol. The van der Waals surface area contributed by atoms with Crippen LogP contribution in [0.3, 0.4) is 0 Å². The number of nitro benzene ring substituents is 1. The van der Waals surface area contributed by atoms with E-state index in [2.05, 4.69) is 4.98 Å². The van der Waals surface area contributed by atoms with Crippen LogP contribution in [0.5, 0.6) is 0 Å². The summed E-state index contributed by atoms with van der Waals surface area (Å²) >= 11 is 0. The van der Waals surface area contributed by atoms with Gasteiger partial charge in [0, 0.05) is 17.8 Å². The molecule has 0 aliphatic heterocycles. The van der Waals surface area contributed by atoms with Gasteiger partial charge in [-0.1, -0.05) is 39.8 Å². The van der Waals surface area contributed by atoms with Crippen molar-refractivity contribution in [3.8, 4) is 0 Å². The van der Waals surface area contributed by atoms with Gasteiger partial charge in [-0.2, -0.15) is 4.98 Å². The molecule has 11 heteroatoms. The maximum atomic E-state index is 12.4. The number of ether oxygens (including phenoxy) is 2. The topological polar surface area (TPSA) is 163 Å². The van der Waals surface area contributed by atoms with Crippen molar-refractivity contribution < 1.29 is 24.6 Å². The minimum Gasteiger partial charge on any atom is -0.394 e. The lowest BCUT2D eigenvalue weighted by Crippen LogP contribution is -2.34. The molecule has 1 aromatic heterocycles. The van der Waals surface area contributed by atoms with Crippen LogP contribution in [0.15, 0.2) is 35.3 Å². The molecular formula is C22H32N4O7. The highest BCUT2D eigenvalue weighted by Gasteiger charge is 2.33. The molecule has 0 radical (unpaired) electrons. The van der Waals surface area contributed by atoms with Crippen molar-refractivity contribution in [3.63, 3.8) is 0 Å². The predicted octanol–water partition coefficient (Wildman–Crippen LogP) is 2.32. The molecule has 182 valence electrons. The molecule has 0 fully saturated rings. The van der Waals surface area contributed by atoms with Crippen molar-refractivity contribution in [2.75, 3.05) is 18.9 Å². The number of aromatic nitrogens is 2. The van der Waals surface area contributed by atoms with E-state index in [0.717, 1.165) is 0 Å². The van der Waals surface area contributed by atoms with Crippen molar-refractivity contribution in [2.24, 2.45) is 5.41 Å². The molecule has 33 heavy (non-hydrogen) atoms. The summed E-state index contributed by atoms with van der Waals surface area (Å²) in [5.41, 5.74) is 5.60. The Labute approximate surface area is 191 Å². The van der Waals surface area contributed by atoms with E-state index in [0.29, 0.717) is 17.5 Å². The lowest BCUT2D eigenvalue weighted by atomic mass is 9.84. The summed E-state index contributed by atoms with van der Waals surface area (Å²) in [6.45, 7) is 6.60. The normalized spacial score (nSPS) is 13.8. The smallest absolute Gasteiger partial charge is 0.351 e. The van der Waals surface area contributed by atoms with Crippen LogP contribution in [-0.2, 0) is 16.1 Å².